The average Bonchev–Trinajstić information content (AvgIpc) is 3.65. The number of hydrogen-bond donors (Lipinski definition) is 3. The number of anilines is 4. The molecule has 0 spiro atoms. The highest BCUT2D eigenvalue weighted by molar-refractivity contribution is 8.00. The van der Waals surface area contributed by atoms with Gasteiger partial charge in [-0.25, -0.2) is 28.7 Å². The van der Waals surface area contributed by atoms with E-state index in [0.717, 1.165) is 57.6 Å². The van der Waals surface area contributed by atoms with Gasteiger partial charge in [-0.1, -0.05) is 32.0 Å². The maximum Gasteiger partial charge on any atom is 0.227 e. The van der Waals surface area contributed by atoms with Crippen LogP contribution in [0.1, 0.15) is 31.2 Å². The molecule has 6 rings (SSSR count). The lowest BCUT2D eigenvalue weighted by Gasteiger charge is -2.16. The topological polar surface area (TPSA) is 99.1 Å². The van der Waals surface area contributed by atoms with Crippen molar-refractivity contribution in [1.82, 2.24) is 19.9 Å². The Labute approximate surface area is 256 Å². The Morgan fingerprint density at radius 1 is 1.00 bits per heavy atom. The second-order valence-electron chi connectivity index (χ2n) is 10.4. The van der Waals surface area contributed by atoms with Gasteiger partial charge in [-0.3, -0.25) is 0 Å². The highest BCUT2D eigenvalue weighted by Crippen LogP contribution is 2.39. The highest BCUT2D eigenvalue weighted by atomic mass is 32.2. The van der Waals surface area contributed by atoms with Gasteiger partial charge in [0.05, 0.1) is 44.2 Å². The van der Waals surface area contributed by atoms with Gasteiger partial charge in [-0.2, -0.15) is 0 Å². The lowest BCUT2D eigenvalue weighted by atomic mass is 10.1. The van der Waals surface area contributed by atoms with E-state index < -0.39 is 11.6 Å². The summed E-state index contributed by atoms with van der Waals surface area (Å²) in [5.74, 6) is 0.208. The molecule has 12 heteroatoms. The highest BCUT2D eigenvalue weighted by Gasteiger charge is 2.22. The van der Waals surface area contributed by atoms with Gasteiger partial charge < -0.3 is 20.0 Å². The molecule has 0 aliphatic carbocycles. The molecule has 8 nitrogen and oxygen atoms in total. The predicted molar refractivity (Wildman–Crippen MR) is 169 cm³/mol. The molecule has 2 aromatic carbocycles. The first-order valence-corrected chi connectivity index (χ1v) is 15.4. The maximum absolute atomic E-state index is 14.1. The molecule has 0 saturated carbocycles. The summed E-state index contributed by atoms with van der Waals surface area (Å²) in [7, 11) is 0. The summed E-state index contributed by atoms with van der Waals surface area (Å²) in [5, 5.41) is 14.0. The lowest BCUT2D eigenvalue weighted by molar-refractivity contribution is 0.198. The van der Waals surface area contributed by atoms with Gasteiger partial charge in [-0.05, 0) is 60.8 Å². The van der Waals surface area contributed by atoms with Gasteiger partial charge in [0.15, 0.2) is 0 Å². The van der Waals surface area contributed by atoms with Crippen LogP contribution in [-0.4, -0.2) is 44.2 Å². The van der Waals surface area contributed by atoms with Gasteiger partial charge in [0.2, 0.25) is 5.95 Å². The molecule has 3 aromatic heterocycles. The van der Waals surface area contributed by atoms with Crippen molar-refractivity contribution in [2.45, 2.75) is 37.2 Å². The number of hydrogen-bond acceptors (Lipinski definition) is 10. The quantitative estimate of drug-likeness (QED) is 0.145. The van der Waals surface area contributed by atoms with E-state index in [1.807, 2.05) is 42.5 Å². The molecule has 5 aromatic rings. The van der Waals surface area contributed by atoms with Crippen molar-refractivity contribution in [2.24, 2.45) is 0 Å². The maximum atomic E-state index is 14.1. The van der Waals surface area contributed by atoms with Crippen molar-refractivity contribution in [2.75, 3.05) is 28.0 Å². The van der Waals surface area contributed by atoms with E-state index in [2.05, 4.69) is 38.8 Å². The Morgan fingerprint density at radius 3 is 2.53 bits per heavy atom. The van der Waals surface area contributed by atoms with Gasteiger partial charge >= 0.3 is 0 Å². The van der Waals surface area contributed by atoms with E-state index in [1.165, 1.54) is 18.2 Å². The molecule has 0 bridgehead atoms. The summed E-state index contributed by atoms with van der Waals surface area (Å²) in [6, 6.07) is 17.1. The van der Waals surface area contributed by atoms with Crippen LogP contribution in [0.4, 0.5) is 31.9 Å². The Morgan fingerprint density at radius 2 is 1.81 bits per heavy atom. The monoisotopic (exact) mass is 617 g/mol. The van der Waals surface area contributed by atoms with Gasteiger partial charge in [0.1, 0.15) is 17.5 Å². The van der Waals surface area contributed by atoms with Crippen molar-refractivity contribution in [3.8, 4) is 21.8 Å². The number of thiazole rings is 1. The number of benzene rings is 2. The van der Waals surface area contributed by atoms with Crippen LogP contribution in [0.25, 0.3) is 21.8 Å². The zero-order valence-corrected chi connectivity index (χ0v) is 25.1. The molecular formula is C31H29F2N7OS2. The second-order valence-corrected chi connectivity index (χ2v) is 12.3. The molecule has 1 fully saturated rings. The fourth-order valence-electron chi connectivity index (χ4n) is 4.64. The molecule has 3 N–H and O–H groups in total. The number of pyridine rings is 1. The largest absolute Gasteiger partial charge is 0.391 e. The van der Waals surface area contributed by atoms with Gasteiger partial charge in [0.25, 0.3) is 0 Å². The third-order valence-corrected chi connectivity index (χ3v) is 9.15. The summed E-state index contributed by atoms with van der Waals surface area (Å²) in [6.45, 7) is 5.55. The number of aliphatic hydroxyl groups excluding tert-OH is 1. The number of halogens is 2. The minimum atomic E-state index is -0.622. The van der Waals surface area contributed by atoms with E-state index in [0.29, 0.717) is 23.9 Å². The summed E-state index contributed by atoms with van der Waals surface area (Å²) < 4.78 is 31.3. The smallest absolute Gasteiger partial charge is 0.227 e. The first-order chi connectivity index (χ1) is 20.8. The van der Waals surface area contributed by atoms with Crippen molar-refractivity contribution in [3.05, 3.63) is 89.7 Å². The number of nitrogens with one attached hydrogen (secondary N) is 2. The van der Waals surface area contributed by atoms with E-state index >= 15 is 0 Å². The van der Waals surface area contributed by atoms with Crippen molar-refractivity contribution in [1.29, 1.82) is 0 Å². The number of aromatic nitrogens is 4. The number of nitrogens with zero attached hydrogens (tertiary/aromatic N) is 5. The fraction of sp³-hybridized carbons (Fsp3) is 0.226. The molecule has 1 aliphatic rings. The molecule has 220 valence electrons. The van der Waals surface area contributed by atoms with Gasteiger partial charge in [-0.15, -0.1) is 11.3 Å². The lowest BCUT2D eigenvalue weighted by Crippen LogP contribution is -2.22. The second kappa shape index (κ2) is 12.6. The Balaban J connectivity index is 1.25. The molecule has 1 unspecified atom stereocenters. The van der Waals surface area contributed by atoms with Gasteiger partial charge in [0, 0.05) is 36.5 Å². The van der Waals surface area contributed by atoms with E-state index in [4.69, 9.17) is 9.97 Å². The van der Waals surface area contributed by atoms with Crippen LogP contribution < -0.4 is 14.9 Å². The molecule has 43 heavy (non-hydrogen) atoms. The molecule has 1 aliphatic heterocycles. The summed E-state index contributed by atoms with van der Waals surface area (Å²) in [5.41, 5.74) is 3.75. The fourth-order valence-corrected chi connectivity index (χ4v) is 6.38. The third kappa shape index (κ3) is 6.61. The molecular weight excluding hydrogens is 589 g/mol. The Kier molecular flexibility index (Phi) is 8.50. The van der Waals surface area contributed by atoms with Crippen LogP contribution in [0.3, 0.4) is 0 Å². The summed E-state index contributed by atoms with van der Waals surface area (Å²) >= 11 is 2.46. The molecule has 0 radical (unpaired) electrons. The SMILES string of the molecule is CC(C)c1nc(-c2cccc(NSc3c(F)cccc3F)c2)c(-c2ccnc(Nc3ccc(N4CCC(O)C4)nc3)n2)s1. The summed E-state index contributed by atoms with van der Waals surface area (Å²) in [4.78, 5) is 21.6. The number of rotatable bonds is 9. The van der Waals surface area contributed by atoms with Crippen LogP contribution in [0.15, 0.2) is 78.0 Å². The molecule has 4 heterocycles. The first-order valence-electron chi connectivity index (χ1n) is 13.8. The number of β-amino-alcohol motifs (C(OH)–C–C–N with tert-alkyl or cyclic N) is 1. The number of aliphatic hydroxyl groups is 1. The zero-order chi connectivity index (χ0) is 29.9. The van der Waals surface area contributed by atoms with Crippen LogP contribution in [0, 0.1) is 11.6 Å². The van der Waals surface area contributed by atoms with Crippen LogP contribution >= 0.6 is 23.3 Å². The Bertz CT molecular complexity index is 1710. The molecule has 1 atom stereocenters. The average molecular weight is 618 g/mol. The first kappa shape index (κ1) is 29.0. The zero-order valence-electron chi connectivity index (χ0n) is 23.5. The molecule has 0 amide bonds. The standard InChI is InChI=1S/C31H29F2N7OS2/c1-18(2)30-38-27(19-5-3-6-20(15-19)39-43-28-23(32)7-4-8-24(28)33)29(42-30)25-11-13-34-31(37-25)36-21-9-10-26(35-16-21)40-14-12-22(41)17-40/h3-11,13,15-16,18,22,39,41H,12,14,17H2,1-2H3,(H,34,36,37). The molecule has 1 saturated heterocycles. The van der Waals surface area contributed by atoms with Crippen LogP contribution in [0.2, 0.25) is 0 Å². The van der Waals surface area contributed by atoms with Crippen LogP contribution in [-0.2, 0) is 0 Å². The third-order valence-electron chi connectivity index (χ3n) is 6.84. The predicted octanol–water partition coefficient (Wildman–Crippen LogP) is 7.50. The minimum absolute atomic E-state index is 0.0926. The normalized spacial score (nSPS) is 14.8. The van der Waals surface area contributed by atoms with Crippen molar-refractivity contribution >= 4 is 46.4 Å². The van der Waals surface area contributed by atoms with Crippen molar-refractivity contribution in [3.63, 3.8) is 0 Å². The van der Waals surface area contributed by atoms with E-state index in [-0.39, 0.29) is 16.9 Å². The van der Waals surface area contributed by atoms with E-state index in [9.17, 15) is 13.9 Å². The van der Waals surface area contributed by atoms with E-state index in [1.54, 1.807) is 23.7 Å². The minimum Gasteiger partial charge on any atom is -0.391 e. The van der Waals surface area contributed by atoms with Crippen molar-refractivity contribution < 1.29 is 13.9 Å². The Hall–Kier alpha value is -4.13. The summed E-state index contributed by atoms with van der Waals surface area (Å²) in [6.07, 6.45) is 3.86. The van der Waals surface area contributed by atoms with Crippen LogP contribution in [0.5, 0.6) is 0 Å².